The first kappa shape index (κ1) is 31.2. The maximum absolute atomic E-state index is 10.9. The fourth-order valence-corrected chi connectivity index (χ4v) is 0.696. The smallest absolute Gasteiger partial charge is 1.00 e. The average molecular weight is 390 g/mol. The minimum Gasteiger partial charge on any atom is -1.00 e. The molecule has 6 nitrogen and oxygen atoms in total. The summed E-state index contributed by atoms with van der Waals surface area (Å²) in [7, 11) is 0. The zero-order valence-corrected chi connectivity index (χ0v) is 15.8. The van der Waals surface area contributed by atoms with Crippen LogP contribution in [0.2, 0.25) is 0 Å². The molecule has 0 saturated carbocycles. The number of rotatable bonds is 5. The summed E-state index contributed by atoms with van der Waals surface area (Å²) in [6, 6.07) is 0. The fourth-order valence-electron chi connectivity index (χ4n) is 0.696. The number of hydrogen-bond donors (Lipinski definition) is 0. The summed E-state index contributed by atoms with van der Waals surface area (Å²) in [6.07, 6.45) is -4.51. The van der Waals surface area contributed by atoms with Crippen molar-refractivity contribution in [1.82, 2.24) is 0 Å². The molecule has 0 radical (unpaired) electrons. The zero-order chi connectivity index (χ0) is 11.1. The van der Waals surface area contributed by atoms with Gasteiger partial charge in [0.15, 0.2) is 0 Å². The molecule has 2 atom stereocenters. The Kier molecular flexibility index (Phi) is 30.8. The molecule has 0 aliphatic carbocycles. The van der Waals surface area contributed by atoms with E-state index in [1.165, 1.54) is 13.8 Å². The van der Waals surface area contributed by atoms with Crippen LogP contribution >= 0.6 is 0 Å². The van der Waals surface area contributed by atoms with Gasteiger partial charge in [-0.1, -0.05) is 7.43 Å². The van der Waals surface area contributed by atoms with Gasteiger partial charge in [0, 0.05) is 19.5 Å². The third kappa shape index (κ3) is 11.8. The quantitative estimate of drug-likeness (QED) is 0.344. The van der Waals surface area contributed by atoms with E-state index in [-0.39, 0.29) is 80.2 Å². The molecule has 0 saturated heterocycles. The van der Waals surface area contributed by atoms with Crippen molar-refractivity contribution in [3.05, 3.63) is 0 Å². The largest absolute Gasteiger partial charge is 2.00 e. The minimum absolute atomic E-state index is 0. The minimum atomic E-state index is -2.26. The zero-order valence-electron chi connectivity index (χ0n) is 9.81. The predicted octanol–water partition coefficient (Wildman–Crippen LogP) is -5.17. The second-order valence-corrected chi connectivity index (χ2v) is 2.35. The third-order valence-electron chi connectivity index (χ3n) is 1.31. The molecule has 0 spiro atoms. The summed E-state index contributed by atoms with van der Waals surface area (Å²) in [6.45, 7) is 2.98. The Bertz CT molecular complexity index is 197. The molecule has 0 aromatic heterocycles. The van der Waals surface area contributed by atoms with E-state index < -0.39 is 24.1 Å². The summed E-state index contributed by atoms with van der Waals surface area (Å²) >= 11 is 0. The van der Waals surface area contributed by atoms with Gasteiger partial charge in [0.05, 0.1) is 13.2 Å². The van der Waals surface area contributed by atoms with Gasteiger partial charge in [-0.25, -0.2) is 0 Å². The Morgan fingerprint density at radius 2 is 1.22 bits per heavy atom. The molecular weight excluding hydrogens is 374 g/mol. The second kappa shape index (κ2) is 17.7. The molecule has 0 bridgehead atoms. The van der Waals surface area contributed by atoms with Gasteiger partial charge in [0.25, 0.3) is 11.9 Å². The molecule has 0 aliphatic rings. The van der Waals surface area contributed by atoms with Crippen LogP contribution in [0.5, 0.6) is 0 Å². The Labute approximate surface area is 146 Å². The van der Waals surface area contributed by atoms with E-state index in [9.17, 15) is 19.8 Å². The SMILES string of the molecule is C.CCOC(=O)[C@@H]([O-])[C@H]([O-])C(=O)OCC.[Br-].[Mg+2].[Zn]. The van der Waals surface area contributed by atoms with Crippen LogP contribution in [0, 0.1) is 0 Å². The first-order valence-corrected chi connectivity index (χ1v) is 4.19. The van der Waals surface area contributed by atoms with Gasteiger partial charge in [-0.3, -0.25) is 9.59 Å². The summed E-state index contributed by atoms with van der Waals surface area (Å²) in [5.74, 6) is -2.44. The Hall–Kier alpha value is 0.730. The van der Waals surface area contributed by atoms with Crippen molar-refractivity contribution >= 4 is 35.0 Å². The Morgan fingerprint density at radius 1 is 1.00 bits per heavy atom. The molecule has 0 N–H and O–H groups in total. The summed E-state index contributed by atoms with van der Waals surface area (Å²) in [5, 5.41) is 21.9. The topological polar surface area (TPSA) is 98.7 Å². The molecule has 100 valence electrons. The van der Waals surface area contributed by atoms with E-state index in [2.05, 4.69) is 9.47 Å². The van der Waals surface area contributed by atoms with Gasteiger partial charge >= 0.3 is 23.1 Å². The average Bonchev–Trinajstić information content (AvgIpc) is 2.16. The molecule has 0 aromatic rings. The monoisotopic (exact) mass is 387 g/mol. The van der Waals surface area contributed by atoms with Crippen molar-refractivity contribution in [1.29, 1.82) is 0 Å². The summed E-state index contributed by atoms with van der Waals surface area (Å²) in [4.78, 5) is 21.5. The van der Waals surface area contributed by atoms with E-state index in [0.29, 0.717) is 0 Å². The van der Waals surface area contributed by atoms with Gasteiger partial charge < -0.3 is 36.7 Å². The van der Waals surface area contributed by atoms with Crippen LogP contribution in [0.1, 0.15) is 21.3 Å². The molecule has 18 heavy (non-hydrogen) atoms. The Morgan fingerprint density at radius 3 is 1.39 bits per heavy atom. The standard InChI is InChI=1S/C8H12O6.CH4.BrH.Mg.Zn/c1-3-13-7(11)5(9)6(10)8(12)14-4-2;;;;/h5-6H,3-4H2,1-2H3;1H4;1H;;/q-2;;;+2;/p-1/t5-,6-;;;;/m0..../s1. The first-order valence-electron chi connectivity index (χ1n) is 4.19. The number of carbonyl (C=O) groups excluding carboxylic acids is 2. The molecular formula is C9H16BrMgO6Zn-. The van der Waals surface area contributed by atoms with Gasteiger partial charge in [-0.2, -0.15) is 0 Å². The van der Waals surface area contributed by atoms with Crippen molar-refractivity contribution in [3.63, 3.8) is 0 Å². The first-order chi connectivity index (χ1) is 6.54. The summed E-state index contributed by atoms with van der Waals surface area (Å²) in [5.41, 5.74) is 0. The van der Waals surface area contributed by atoms with Gasteiger partial charge in [0.2, 0.25) is 0 Å². The number of ether oxygens (including phenoxy) is 2. The van der Waals surface area contributed by atoms with Crippen LogP contribution in [-0.2, 0) is 38.5 Å². The maximum atomic E-state index is 10.9. The van der Waals surface area contributed by atoms with Gasteiger partial charge in [-0.05, 0) is 26.1 Å². The molecule has 0 unspecified atom stereocenters. The number of hydrogen-bond acceptors (Lipinski definition) is 6. The van der Waals surface area contributed by atoms with Crippen LogP contribution in [0.4, 0.5) is 0 Å². The molecule has 0 rings (SSSR count). The number of halogens is 1. The van der Waals surface area contributed by atoms with Crippen LogP contribution in [-0.4, -0.2) is 60.4 Å². The van der Waals surface area contributed by atoms with Crippen molar-refractivity contribution < 1.29 is 65.7 Å². The predicted molar refractivity (Wildman–Crippen MR) is 53.3 cm³/mol. The van der Waals surface area contributed by atoms with Crippen molar-refractivity contribution in [2.75, 3.05) is 13.2 Å². The van der Waals surface area contributed by atoms with Crippen molar-refractivity contribution in [2.45, 2.75) is 33.5 Å². The van der Waals surface area contributed by atoms with Crippen LogP contribution in [0.15, 0.2) is 0 Å². The van der Waals surface area contributed by atoms with Crippen molar-refractivity contribution in [3.8, 4) is 0 Å². The van der Waals surface area contributed by atoms with Gasteiger partial charge in [0.1, 0.15) is 0 Å². The van der Waals surface area contributed by atoms with Gasteiger partial charge in [-0.15, -0.1) is 0 Å². The van der Waals surface area contributed by atoms with E-state index in [0.717, 1.165) is 0 Å². The number of carbonyl (C=O) groups is 2. The Balaban J connectivity index is -0.000000141. The summed E-state index contributed by atoms with van der Waals surface area (Å²) < 4.78 is 8.59. The normalized spacial score (nSPS) is 11.1. The van der Waals surface area contributed by atoms with E-state index in [4.69, 9.17) is 0 Å². The molecule has 9 heteroatoms. The molecule has 0 aromatic carbocycles. The van der Waals surface area contributed by atoms with E-state index in [1.54, 1.807) is 0 Å². The van der Waals surface area contributed by atoms with Crippen molar-refractivity contribution in [2.24, 2.45) is 0 Å². The van der Waals surface area contributed by atoms with Crippen LogP contribution in [0.3, 0.4) is 0 Å². The van der Waals surface area contributed by atoms with Crippen LogP contribution in [0.25, 0.3) is 0 Å². The van der Waals surface area contributed by atoms with E-state index >= 15 is 0 Å². The fraction of sp³-hybridized carbons (Fsp3) is 0.778. The maximum Gasteiger partial charge on any atom is 2.00 e. The molecule has 0 fully saturated rings. The van der Waals surface area contributed by atoms with Crippen LogP contribution < -0.4 is 27.2 Å². The number of esters is 2. The second-order valence-electron chi connectivity index (χ2n) is 2.35. The molecule has 0 amide bonds. The molecule has 0 heterocycles. The van der Waals surface area contributed by atoms with E-state index in [1.807, 2.05) is 0 Å². The third-order valence-corrected chi connectivity index (χ3v) is 1.31. The molecule has 0 aliphatic heterocycles.